The Hall–Kier alpha value is -2.04. The van der Waals surface area contributed by atoms with Gasteiger partial charge in [0.05, 0.1) is 12.8 Å². The lowest BCUT2D eigenvalue weighted by Gasteiger charge is -2.34. The Morgan fingerprint density at radius 2 is 1.86 bits per heavy atom. The number of carbonyl (C=O) groups excluding carboxylic acids is 2. The van der Waals surface area contributed by atoms with Crippen molar-refractivity contribution in [3.63, 3.8) is 0 Å². The molecule has 5 heteroatoms. The molecule has 0 radical (unpaired) electrons. The zero-order chi connectivity index (χ0) is 16.3. The third-order valence-corrected chi connectivity index (χ3v) is 3.95. The normalized spacial score (nSPS) is 21.4. The average molecular weight is 304 g/mol. The highest BCUT2D eigenvalue weighted by Crippen LogP contribution is 2.26. The van der Waals surface area contributed by atoms with Crippen molar-refractivity contribution in [2.75, 3.05) is 25.5 Å². The van der Waals surface area contributed by atoms with Crippen molar-refractivity contribution < 1.29 is 14.3 Å². The fraction of sp³-hybridized carbons (Fsp3) is 0.529. The Bertz CT molecular complexity index is 561. The van der Waals surface area contributed by atoms with Gasteiger partial charge in [0.15, 0.2) is 0 Å². The van der Waals surface area contributed by atoms with Gasteiger partial charge in [0.25, 0.3) is 0 Å². The third kappa shape index (κ3) is 3.78. The van der Waals surface area contributed by atoms with Crippen molar-refractivity contribution in [2.45, 2.75) is 27.2 Å². The molecule has 0 saturated carbocycles. The number of nitrogens with zero attached hydrogens (tertiary/aromatic N) is 1. The lowest BCUT2D eigenvalue weighted by Crippen LogP contribution is -2.47. The zero-order valence-corrected chi connectivity index (χ0v) is 13.7. The molecule has 5 nitrogen and oxygen atoms in total. The highest BCUT2D eigenvalue weighted by Gasteiger charge is 2.29. The van der Waals surface area contributed by atoms with Gasteiger partial charge in [-0.25, -0.2) is 0 Å². The van der Waals surface area contributed by atoms with E-state index >= 15 is 0 Å². The first-order valence-corrected chi connectivity index (χ1v) is 7.65. The van der Waals surface area contributed by atoms with Crippen molar-refractivity contribution >= 4 is 17.5 Å². The second-order valence-corrected chi connectivity index (χ2v) is 6.31. The van der Waals surface area contributed by atoms with E-state index in [2.05, 4.69) is 19.2 Å². The van der Waals surface area contributed by atoms with E-state index in [0.29, 0.717) is 36.4 Å². The maximum Gasteiger partial charge on any atom is 0.314 e. The summed E-state index contributed by atoms with van der Waals surface area (Å²) < 4.78 is 5.22. The lowest BCUT2D eigenvalue weighted by molar-refractivity contribution is -0.144. The minimum Gasteiger partial charge on any atom is -0.495 e. The van der Waals surface area contributed by atoms with Crippen LogP contribution in [0, 0.1) is 18.8 Å². The van der Waals surface area contributed by atoms with Gasteiger partial charge in [-0.3, -0.25) is 9.59 Å². The molecule has 0 bridgehead atoms. The number of methoxy groups -OCH3 is 1. The van der Waals surface area contributed by atoms with Crippen LogP contribution in [0.15, 0.2) is 18.2 Å². The molecule has 1 heterocycles. The van der Waals surface area contributed by atoms with Crippen LogP contribution < -0.4 is 10.1 Å². The predicted octanol–water partition coefficient (Wildman–Crippen LogP) is 2.45. The van der Waals surface area contributed by atoms with Crippen LogP contribution in [0.5, 0.6) is 5.75 Å². The quantitative estimate of drug-likeness (QED) is 0.854. The summed E-state index contributed by atoms with van der Waals surface area (Å²) in [5.41, 5.74) is 1.52. The summed E-state index contributed by atoms with van der Waals surface area (Å²) in [4.78, 5) is 26.2. The molecule has 120 valence electrons. The summed E-state index contributed by atoms with van der Waals surface area (Å²) >= 11 is 0. The Morgan fingerprint density at radius 1 is 1.23 bits per heavy atom. The molecule has 2 atom stereocenters. The van der Waals surface area contributed by atoms with E-state index < -0.39 is 11.8 Å². The van der Waals surface area contributed by atoms with Gasteiger partial charge in [-0.2, -0.15) is 0 Å². The van der Waals surface area contributed by atoms with E-state index in [0.717, 1.165) is 12.0 Å². The highest BCUT2D eigenvalue weighted by atomic mass is 16.5. The van der Waals surface area contributed by atoms with Crippen molar-refractivity contribution in [2.24, 2.45) is 11.8 Å². The van der Waals surface area contributed by atoms with Crippen molar-refractivity contribution in [1.29, 1.82) is 0 Å². The summed E-state index contributed by atoms with van der Waals surface area (Å²) in [7, 11) is 1.54. The van der Waals surface area contributed by atoms with Gasteiger partial charge in [-0.05, 0) is 42.9 Å². The van der Waals surface area contributed by atoms with E-state index in [-0.39, 0.29) is 0 Å². The molecular formula is C17H24N2O3. The monoisotopic (exact) mass is 304 g/mol. The van der Waals surface area contributed by atoms with Crippen molar-refractivity contribution in [3.05, 3.63) is 23.8 Å². The molecular weight excluding hydrogens is 280 g/mol. The van der Waals surface area contributed by atoms with Crippen LogP contribution in [-0.2, 0) is 9.59 Å². The van der Waals surface area contributed by atoms with Crippen LogP contribution in [0.2, 0.25) is 0 Å². The Morgan fingerprint density at radius 3 is 2.45 bits per heavy atom. The molecule has 2 unspecified atom stereocenters. The number of likely N-dealkylation sites (tertiary alicyclic amines) is 1. The lowest BCUT2D eigenvalue weighted by atomic mass is 9.92. The number of benzene rings is 1. The Balaban J connectivity index is 2.08. The van der Waals surface area contributed by atoms with Crippen LogP contribution in [-0.4, -0.2) is 36.9 Å². The van der Waals surface area contributed by atoms with Crippen LogP contribution in [0.4, 0.5) is 5.69 Å². The maximum atomic E-state index is 12.4. The van der Waals surface area contributed by atoms with Gasteiger partial charge >= 0.3 is 11.8 Å². The van der Waals surface area contributed by atoms with Crippen molar-refractivity contribution in [1.82, 2.24) is 4.90 Å². The first-order valence-electron chi connectivity index (χ1n) is 7.65. The molecule has 1 aromatic rings. The number of hydrogen-bond acceptors (Lipinski definition) is 3. The molecule has 1 aromatic carbocycles. The van der Waals surface area contributed by atoms with Crippen LogP contribution >= 0.6 is 0 Å². The number of nitrogens with one attached hydrogen (secondary N) is 1. The predicted molar refractivity (Wildman–Crippen MR) is 85.9 cm³/mol. The van der Waals surface area contributed by atoms with Crippen LogP contribution in [0.3, 0.4) is 0 Å². The fourth-order valence-corrected chi connectivity index (χ4v) is 3.07. The number of amides is 2. The number of ether oxygens (including phenoxy) is 1. The van der Waals surface area contributed by atoms with E-state index in [1.165, 1.54) is 7.11 Å². The smallest absolute Gasteiger partial charge is 0.314 e. The minimum absolute atomic E-state index is 0.425. The minimum atomic E-state index is -0.606. The zero-order valence-electron chi connectivity index (χ0n) is 13.7. The standard InChI is InChI=1S/C17H24N2O3/c1-11-5-6-15(22-4)14(8-11)18-16(20)17(21)19-9-12(2)7-13(3)10-19/h5-6,8,12-13H,7,9-10H2,1-4H3,(H,18,20). The summed E-state index contributed by atoms with van der Waals surface area (Å²) in [5.74, 6) is 0.322. The van der Waals surface area contributed by atoms with Crippen molar-refractivity contribution in [3.8, 4) is 5.75 Å². The maximum absolute atomic E-state index is 12.4. The number of anilines is 1. The van der Waals surface area contributed by atoms with Gasteiger partial charge in [0.2, 0.25) is 0 Å². The topological polar surface area (TPSA) is 58.6 Å². The molecule has 0 aromatic heterocycles. The highest BCUT2D eigenvalue weighted by molar-refractivity contribution is 6.39. The van der Waals surface area contributed by atoms with E-state index in [9.17, 15) is 9.59 Å². The molecule has 1 N–H and O–H groups in total. The van der Waals surface area contributed by atoms with Crippen LogP contribution in [0.1, 0.15) is 25.8 Å². The molecule has 2 rings (SSSR count). The number of hydrogen-bond donors (Lipinski definition) is 1. The molecule has 0 aliphatic carbocycles. The Labute approximate surface area is 131 Å². The van der Waals surface area contributed by atoms with Gasteiger partial charge in [-0.15, -0.1) is 0 Å². The number of carbonyl (C=O) groups is 2. The summed E-state index contributed by atoms with van der Waals surface area (Å²) in [6, 6.07) is 5.47. The van der Waals surface area contributed by atoms with Gasteiger partial charge in [0.1, 0.15) is 5.75 Å². The second kappa shape index (κ2) is 6.81. The first kappa shape index (κ1) is 16.3. The number of rotatable bonds is 2. The number of piperidine rings is 1. The van der Waals surface area contributed by atoms with Gasteiger partial charge in [0, 0.05) is 13.1 Å². The Kier molecular flexibility index (Phi) is 5.06. The largest absolute Gasteiger partial charge is 0.495 e. The summed E-state index contributed by atoms with van der Waals surface area (Å²) in [5, 5.41) is 2.67. The molecule has 1 saturated heterocycles. The second-order valence-electron chi connectivity index (χ2n) is 6.31. The van der Waals surface area contributed by atoms with E-state index in [1.54, 1.807) is 17.0 Å². The molecule has 0 spiro atoms. The molecule has 2 amide bonds. The molecule has 1 fully saturated rings. The SMILES string of the molecule is COc1ccc(C)cc1NC(=O)C(=O)N1CC(C)CC(C)C1. The molecule has 1 aliphatic heterocycles. The third-order valence-electron chi connectivity index (χ3n) is 3.95. The van der Waals surface area contributed by atoms with Gasteiger partial charge in [-0.1, -0.05) is 19.9 Å². The first-order chi connectivity index (χ1) is 10.4. The molecule has 1 aliphatic rings. The number of aryl methyl sites for hydroxylation is 1. The summed E-state index contributed by atoms with van der Waals surface area (Å²) in [6.45, 7) is 7.42. The van der Waals surface area contributed by atoms with E-state index in [1.807, 2.05) is 13.0 Å². The fourth-order valence-electron chi connectivity index (χ4n) is 3.07. The average Bonchev–Trinajstić information content (AvgIpc) is 2.45. The summed E-state index contributed by atoms with van der Waals surface area (Å²) in [6.07, 6.45) is 1.09. The molecule has 22 heavy (non-hydrogen) atoms. The van der Waals surface area contributed by atoms with Gasteiger partial charge < -0.3 is 15.0 Å². The van der Waals surface area contributed by atoms with E-state index in [4.69, 9.17) is 4.74 Å². The van der Waals surface area contributed by atoms with Crippen LogP contribution in [0.25, 0.3) is 0 Å².